The Hall–Kier alpha value is -0.830. The number of halogens is 1. The summed E-state index contributed by atoms with van der Waals surface area (Å²) < 4.78 is 0.657. The van der Waals surface area contributed by atoms with E-state index in [0.29, 0.717) is 16.1 Å². The van der Waals surface area contributed by atoms with Crippen molar-refractivity contribution in [2.24, 2.45) is 0 Å². The van der Waals surface area contributed by atoms with Gasteiger partial charge in [-0.2, -0.15) is 4.73 Å². The van der Waals surface area contributed by atoms with E-state index in [0.717, 1.165) is 0 Å². The van der Waals surface area contributed by atoms with Crippen molar-refractivity contribution < 1.29 is 4.73 Å². The Balaban J connectivity index is 3.34. The standard InChI is InChI=1S/C6H7ClN2O/c1-4-3-8-5(2)6(7)9(4)10/h3H,1-2H3. The summed E-state index contributed by atoms with van der Waals surface area (Å²) in [6, 6.07) is 0. The lowest BCUT2D eigenvalue weighted by atomic mass is 10.4. The summed E-state index contributed by atoms with van der Waals surface area (Å²) in [4.78, 5) is 3.89. The molecule has 0 saturated heterocycles. The lowest BCUT2D eigenvalue weighted by Gasteiger charge is -2.01. The minimum atomic E-state index is 0.153. The van der Waals surface area contributed by atoms with Gasteiger partial charge in [0.15, 0.2) is 0 Å². The van der Waals surface area contributed by atoms with Crippen molar-refractivity contribution in [3.8, 4) is 0 Å². The van der Waals surface area contributed by atoms with Crippen molar-refractivity contribution in [2.45, 2.75) is 13.8 Å². The minimum absolute atomic E-state index is 0.153. The third-order valence-corrected chi connectivity index (χ3v) is 1.67. The largest absolute Gasteiger partial charge is 0.617 e. The Morgan fingerprint density at radius 2 is 2.20 bits per heavy atom. The second kappa shape index (κ2) is 2.42. The molecule has 0 spiro atoms. The van der Waals surface area contributed by atoms with Gasteiger partial charge in [0.25, 0.3) is 0 Å². The molecule has 0 aliphatic heterocycles. The van der Waals surface area contributed by atoms with E-state index in [1.165, 1.54) is 6.20 Å². The molecule has 0 fully saturated rings. The highest BCUT2D eigenvalue weighted by Crippen LogP contribution is 2.05. The summed E-state index contributed by atoms with van der Waals surface area (Å²) in [5.41, 5.74) is 1.07. The van der Waals surface area contributed by atoms with Gasteiger partial charge in [0.05, 0.1) is 6.20 Å². The van der Waals surface area contributed by atoms with Crippen LogP contribution in [0.15, 0.2) is 6.20 Å². The van der Waals surface area contributed by atoms with E-state index in [-0.39, 0.29) is 5.15 Å². The Kier molecular flexibility index (Phi) is 1.76. The van der Waals surface area contributed by atoms with Crippen molar-refractivity contribution in [1.29, 1.82) is 0 Å². The van der Waals surface area contributed by atoms with Crippen molar-refractivity contribution in [3.63, 3.8) is 0 Å². The number of aryl methyl sites for hydroxylation is 2. The van der Waals surface area contributed by atoms with Gasteiger partial charge < -0.3 is 5.21 Å². The smallest absolute Gasteiger partial charge is 0.308 e. The minimum Gasteiger partial charge on any atom is -0.617 e. The number of hydrogen-bond donors (Lipinski definition) is 0. The van der Waals surface area contributed by atoms with Crippen LogP contribution < -0.4 is 4.73 Å². The van der Waals surface area contributed by atoms with E-state index in [2.05, 4.69) is 4.98 Å². The third kappa shape index (κ3) is 1.04. The first-order valence-electron chi connectivity index (χ1n) is 2.84. The number of rotatable bonds is 0. The van der Waals surface area contributed by atoms with Gasteiger partial charge in [-0.1, -0.05) is 0 Å². The van der Waals surface area contributed by atoms with Crippen LogP contribution in [0.1, 0.15) is 11.4 Å². The second-order valence-electron chi connectivity index (χ2n) is 2.07. The molecule has 0 radical (unpaired) electrons. The summed E-state index contributed by atoms with van der Waals surface area (Å²) in [7, 11) is 0. The van der Waals surface area contributed by atoms with Crippen molar-refractivity contribution in [1.82, 2.24) is 4.98 Å². The summed E-state index contributed by atoms with van der Waals surface area (Å²) in [5, 5.41) is 11.1. The van der Waals surface area contributed by atoms with Crippen molar-refractivity contribution >= 4 is 11.6 Å². The molecule has 4 heteroatoms. The Labute approximate surface area is 63.9 Å². The summed E-state index contributed by atoms with van der Waals surface area (Å²) >= 11 is 5.57. The zero-order valence-corrected chi connectivity index (χ0v) is 6.51. The fourth-order valence-corrected chi connectivity index (χ4v) is 0.780. The number of aromatic nitrogens is 2. The molecule has 54 valence electrons. The number of hydrogen-bond acceptors (Lipinski definition) is 2. The quantitative estimate of drug-likeness (QED) is 0.417. The summed E-state index contributed by atoms with van der Waals surface area (Å²) in [5.74, 6) is 0. The Morgan fingerprint density at radius 3 is 2.70 bits per heavy atom. The summed E-state index contributed by atoms with van der Waals surface area (Å²) in [6.45, 7) is 3.35. The molecule has 0 bridgehead atoms. The molecule has 0 N–H and O–H groups in total. The molecule has 1 rings (SSSR count). The molecule has 1 aromatic heterocycles. The Morgan fingerprint density at radius 1 is 1.60 bits per heavy atom. The molecule has 0 aliphatic rings. The van der Waals surface area contributed by atoms with Gasteiger partial charge in [0.1, 0.15) is 5.69 Å². The van der Waals surface area contributed by atoms with Crippen LogP contribution in [0.2, 0.25) is 5.15 Å². The van der Waals surface area contributed by atoms with E-state index in [1.54, 1.807) is 13.8 Å². The van der Waals surface area contributed by atoms with Gasteiger partial charge >= 0.3 is 5.15 Å². The zero-order valence-electron chi connectivity index (χ0n) is 5.76. The van der Waals surface area contributed by atoms with E-state index in [4.69, 9.17) is 11.6 Å². The van der Waals surface area contributed by atoms with Gasteiger partial charge in [0.2, 0.25) is 5.69 Å². The summed E-state index contributed by atoms with van der Waals surface area (Å²) in [6.07, 6.45) is 1.49. The molecule has 0 aromatic carbocycles. The van der Waals surface area contributed by atoms with Gasteiger partial charge in [-0.3, -0.25) is 0 Å². The monoisotopic (exact) mass is 158 g/mol. The van der Waals surface area contributed by atoms with Gasteiger partial charge in [-0.15, -0.1) is 0 Å². The second-order valence-corrected chi connectivity index (χ2v) is 2.43. The fourth-order valence-electron chi connectivity index (χ4n) is 0.598. The highest BCUT2D eigenvalue weighted by molar-refractivity contribution is 6.29. The van der Waals surface area contributed by atoms with Crippen LogP contribution in [-0.2, 0) is 0 Å². The molecule has 1 aromatic rings. The van der Waals surface area contributed by atoms with E-state index >= 15 is 0 Å². The topological polar surface area (TPSA) is 39.8 Å². The molecule has 0 aliphatic carbocycles. The third-order valence-electron chi connectivity index (χ3n) is 1.24. The maximum Gasteiger partial charge on any atom is 0.308 e. The van der Waals surface area contributed by atoms with Gasteiger partial charge in [0, 0.05) is 6.92 Å². The average molecular weight is 159 g/mol. The lowest BCUT2D eigenvalue weighted by Crippen LogP contribution is -2.32. The SMILES string of the molecule is Cc1ncc(C)[n+]([O-])c1Cl. The molecular formula is C6H7ClN2O. The van der Waals surface area contributed by atoms with Crippen LogP contribution in [0.5, 0.6) is 0 Å². The average Bonchev–Trinajstić information content (AvgIpc) is 1.93. The predicted octanol–water partition coefficient (Wildman–Crippen LogP) is 0.985. The first-order valence-corrected chi connectivity index (χ1v) is 3.22. The Bertz CT molecular complexity index is 235. The molecule has 0 saturated carbocycles. The van der Waals surface area contributed by atoms with E-state index in [1.807, 2.05) is 0 Å². The maximum atomic E-state index is 10.9. The van der Waals surface area contributed by atoms with Crippen LogP contribution in [0.4, 0.5) is 0 Å². The first kappa shape index (κ1) is 7.28. The lowest BCUT2D eigenvalue weighted by molar-refractivity contribution is -0.610. The van der Waals surface area contributed by atoms with Crippen LogP contribution in [0.25, 0.3) is 0 Å². The van der Waals surface area contributed by atoms with E-state index < -0.39 is 0 Å². The molecule has 1 heterocycles. The predicted molar refractivity (Wildman–Crippen MR) is 37.7 cm³/mol. The molecule has 0 atom stereocenters. The van der Waals surface area contributed by atoms with E-state index in [9.17, 15) is 5.21 Å². The highest BCUT2D eigenvalue weighted by Gasteiger charge is 2.08. The molecule has 3 nitrogen and oxygen atoms in total. The van der Waals surface area contributed by atoms with Crippen LogP contribution in [-0.4, -0.2) is 4.98 Å². The molecule has 0 unspecified atom stereocenters. The first-order chi connectivity index (χ1) is 4.63. The van der Waals surface area contributed by atoms with Gasteiger partial charge in [-0.05, 0) is 18.5 Å². The fraction of sp³-hybridized carbons (Fsp3) is 0.333. The van der Waals surface area contributed by atoms with Crippen LogP contribution in [0.3, 0.4) is 0 Å². The van der Waals surface area contributed by atoms with Crippen LogP contribution >= 0.6 is 11.6 Å². The highest BCUT2D eigenvalue weighted by atomic mass is 35.5. The molecular weight excluding hydrogens is 152 g/mol. The van der Waals surface area contributed by atoms with Crippen molar-refractivity contribution in [3.05, 3.63) is 27.9 Å². The number of nitrogens with zero attached hydrogens (tertiary/aromatic N) is 2. The van der Waals surface area contributed by atoms with Crippen molar-refractivity contribution in [2.75, 3.05) is 0 Å². The van der Waals surface area contributed by atoms with Crippen LogP contribution in [0, 0.1) is 19.1 Å². The normalized spacial score (nSPS) is 9.90. The zero-order chi connectivity index (χ0) is 7.72. The maximum absolute atomic E-state index is 10.9. The molecule has 10 heavy (non-hydrogen) atoms. The molecule has 0 amide bonds. The van der Waals surface area contributed by atoms with Gasteiger partial charge in [-0.25, -0.2) is 4.98 Å².